The Morgan fingerprint density at radius 3 is 2.65 bits per heavy atom. The van der Waals surface area contributed by atoms with Gasteiger partial charge in [0.2, 0.25) is 5.91 Å². The number of likely N-dealkylation sites (tertiary alicyclic amines) is 1. The SMILES string of the molecule is COCCOc1ccc(C(=O)N2CCCC(C(=O)NCCN)C2)cc1.Cl. The van der Waals surface area contributed by atoms with Crippen molar-refractivity contribution >= 4 is 24.2 Å². The number of hydrogen-bond acceptors (Lipinski definition) is 5. The molecule has 1 unspecified atom stereocenters. The summed E-state index contributed by atoms with van der Waals surface area (Å²) in [7, 11) is 1.62. The van der Waals surface area contributed by atoms with Gasteiger partial charge >= 0.3 is 0 Å². The fourth-order valence-corrected chi connectivity index (χ4v) is 2.83. The van der Waals surface area contributed by atoms with E-state index in [0.717, 1.165) is 12.8 Å². The Hall–Kier alpha value is -1.83. The number of halogens is 1. The van der Waals surface area contributed by atoms with Gasteiger partial charge in [0, 0.05) is 38.9 Å². The Balaban J connectivity index is 0.00000338. The van der Waals surface area contributed by atoms with Crippen LogP contribution in [0.15, 0.2) is 24.3 Å². The van der Waals surface area contributed by atoms with Crippen LogP contribution >= 0.6 is 12.4 Å². The molecular weight excluding hydrogens is 358 g/mol. The number of nitrogens with one attached hydrogen (secondary N) is 1. The maximum atomic E-state index is 12.7. The van der Waals surface area contributed by atoms with E-state index in [-0.39, 0.29) is 30.1 Å². The molecule has 0 aromatic heterocycles. The molecule has 26 heavy (non-hydrogen) atoms. The summed E-state index contributed by atoms with van der Waals surface area (Å²) in [5.74, 6) is 0.455. The van der Waals surface area contributed by atoms with E-state index in [0.29, 0.717) is 50.7 Å². The summed E-state index contributed by atoms with van der Waals surface area (Å²) in [6, 6.07) is 7.06. The van der Waals surface area contributed by atoms with Crippen LogP contribution in [0.1, 0.15) is 23.2 Å². The normalized spacial score (nSPS) is 16.5. The van der Waals surface area contributed by atoms with Gasteiger partial charge in [-0.3, -0.25) is 9.59 Å². The summed E-state index contributed by atoms with van der Waals surface area (Å²) >= 11 is 0. The van der Waals surface area contributed by atoms with Crippen LogP contribution < -0.4 is 15.8 Å². The van der Waals surface area contributed by atoms with Crippen molar-refractivity contribution in [2.24, 2.45) is 11.7 Å². The number of methoxy groups -OCH3 is 1. The number of rotatable bonds is 8. The van der Waals surface area contributed by atoms with E-state index in [1.165, 1.54) is 0 Å². The van der Waals surface area contributed by atoms with Gasteiger partial charge in [0.25, 0.3) is 5.91 Å². The maximum absolute atomic E-state index is 12.7. The highest BCUT2D eigenvalue weighted by Crippen LogP contribution is 2.20. The number of nitrogens with zero attached hydrogens (tertiary/aromatic N) is 1. The molecule has 1 aromatic carbocycles. The third-order valence-corrected chi connectivity index (χ3v) is 4.18. The second kappa shape index (κ2) is 11.7. The van der Waals surface area contributed by atoms with Crippen LogP contribution in [0.2, 0.25) is 0 Å². The second-order valence-corrected chi connectivity index (χ2v) is 6.04. The highest BCUT2D eigenvalue weighted by molar-refractivity contribution is 5.94. The van der Waals surface area contributed by atoms with Gasteiger partial charge < -0.3 is 25.4 Å². The average molecular weight is 386 g/mol. The van der Waals surface area contributed by atoms with Gasteiger partial charge in [-0.1, -0.05) is 0 Å². The summed E-state index contributed by atoms with van der Waals surface area (Å²) in [5, 5.41) is 2.80. The second-order valence-electron chi connectivity index (χ2n) is 6.04. The van der Waals surface area contributed by atoms with Crippen molar-refractivity contribution in [2.75, 3.05) is 46.5 Å². The van der Waals surface area contributed by atoms with Crippen molar-refractivity contribution in [1.29, 1.82) is 0 Å². The van der Waals surface area contributed by atoms with Crippen LogP contribution in [0, 0.1) is 5.92 Å². The molecule has 1 heterocycles. The fraction of sp³-hybridized carbons (Fsp3) is 0.556. The number of ether oxygens (including phenoxy) is 2. The lowest BCUT2D eigenvalue weighted by Gasteiger charge is -2.32. The van der Waals surface area contributed by atoms with Crippen LogP contribution in [-0.4, -0.2) is 63.2 Å². The predicted octanol–water partition coefficient (Wildman–Crippen LogP) is 1.06. The molecule has 2 amide bonds. The molecule has 1 aliphatic heterocycles. The molecule has 0 spiro atoms. The van der Waals surface area contributed by atoms with Crippen LogP contribution in [0.4, 0.5) is 0 Å². The molecular formula is C18H28ClN3O4. The lowest BCUT2D eigenvalue weighted by atomic mass is 9.96. The van der Waals surface area contributed by atoms with Crippen LogP contribution in [0.25, 0.3) is 0 Å². The summed E-state index contributed by atoms with van der Waals surface area (Å²) in [6.07, 6.45) is 1.62. The van der Waals surface area contributed by atoms with E-state index >= 15 is 0 Å². The van der Waals surface area contributed by atoms with Crippen molar-refractivity contribution in [1.82, 2.24) is 10.2 Å². The fourth-order valence-electron chi connectivity index (χ4n) is 2.83. The number of hydrogen-bond donors (Lipinski definition) is 2. The zero-order valence-corrected chi connectivity index (χ0v) is 15.9. The van der Waals surface area contributed by atoms with Crippen molar-refractivity contribution < 1.29 is 19.1 Å². The largest absolute Gasteiger partial charge is 0.491 e. The summed E-state index contributed by atoms with van der Waals surface area (Å²) in [5.41, 5.74) is 6.01. The monoisotopic (exact) mass is 385 g/mol. The number of carbonyl (C=O) groups excluding carboxylic acids is 2. The zero-order valence-electron chi connectivity index (χ0n) is 15.1. The summed E-state index contributed by atoms with van der Waals surface area (Å²) < 4.78 is 10.4. The maximum Gasteiger partial charge on any atom is 0.253 e. The molecule has 1 atom stereocenters. The first-order valence-electron chi connectivity index (χ1n) is 8.64. The lowest BCUT2D eigenvalue weighted by molar-refractivity contribution is -0.126. The van der Waals surface area contributed by atoms with Gasteiger partial charge in [0.05, 0.1) is 12.5 Å². The van der Waals surface area contributed by atoms with E-state index in [4.69, 9.17) is 15.2 Å². The molecule has 7 nitrogen and oxygen atoms in total. The Kier molecular flexibility index (Phi) is 10.0. The quantitative estimate of drug-likeness (QED) is 0.652. The Bertz CT molecular complexity index is 568. The van der Waals surface area contributed by atoms with Crippen LogP contribution in [0.5, 0.6) is 5.75 Å². The molecule has 8 heteroatoms. The molecule has 146 valence electrons. The van der Waals surface area contributed by atoms with E-state index in [1.54, 1.807) is 36.3 Å². The predicted molar refractivity (Wildman–Crippen MR) is 102 cm³/mol. The van der Waals surface area contributed by atoms with Crippen LogP contribution in [-0.2, 0) is 9.53 Å². The van der Waals surface area contributed by atoms with Crippen molar-refractivity contribution in [3.8, 4) is 5.75 Å². The van der Waals surface area contributed by atoms with E-state index in [9.17, 15) is 9.59 Å². The Morgan fingerprint density at radius 2 is 2.00 bits per heavy atom. The zero-order chi connectivity index (χ0) is 18.1. The van der Waals surface area contributed by atoms with Gasteiger partial charge in [-0.05, 0) is 37.1 Å². The number of amides is 2. The highest BCUT2D eigenvalue weighted by atomic mass is 35.5. The van der Waals surface area contributed by atoms with E-state index in [1.807, 2.05) is 0 Å². The molecule has 0 saturated carbocycles. The molecule has 0 aliphatic carbocycles. The third-order valence-electron chi connectivity index (χ3n) is 4.18. The molecule has 3 N–H and O–H groups in total. The van der Waals surface area contributed by atoms with Crippen molar-refractivity contribution in [3.05, 3.63) is 29.8 Å². The van der Waals surface area contributed by atoms with Crippen molar-refractivity contribution in [3.63, 3.8) is 0 Å². The van der Waals surface area contributed by atoms with E-state index < -0.39 is 0 Å². The topological polar surface area (TPSA) is 93.9 Å². The van der Waals surface area contributed by atoms with E-state index in [2.05, 4.69) is 5.32 Å². The summed E-state index contributed by atoms with van der Waals surface area (Å²) in [4.78, 5) is 26.5. The van der Waals surface area contributed by atoms with Crippen molar-refractivity contribution in [2.45, 2.75) is 12.8 Å². The minimum Gasteiger partial charge on any atom is -0.491 e. The number of nitrogens with two attached hydrogens (primary N) is 1. The first-order chi connectivity index (χ1) is 12.2. The van der Waals surface area contributed by atoms with Gasteiger partial charge in [0.1, 0.15) is 12.4 Å². The molecule has 1 aromatic rings. The smallest absolute Gasteiger partial charge is 0.253 e. The number of benzene rings is 1. The minimum absolute atomic E-state index is 0. The standard InChI is InChI=1S/C18H27N3O4.ClH/c1-24-11-12-25-16-6-4-14(5-7-16)18(23)21-10-2-3-15(13-21)17(22)20-9-8-19;/h4-7,15H,2-3,8-13,19H2,1H3,(H,20,22);1H. The molecule has 1 aliphatic rings. The molecule has 0 bridgehead atoms. The van der Waals surface area contributed by atoms with Gasteiger partial charge in [-0.25, -0.2) is 0 Å². The molecule has 0 radical (unpaired) electrons. The molecule has 2 rings (SSSR count). The molecule has 1 fully saturated rings. The summed E-state index contributed by atoms with van der Waals surface area (Å²) in [6.45, 7) is 2.98. The first kappa shape index (κ1) is 22.2. The number of piperidine rings is 1. The van der Waals surface area contributed by atoms with Gasteiger partial charge in [-0.2, -0.15) is 0 Å². The van der Waals surface area contributed by atoms with Crippen LogP contribution in [0.3, 0.4) is 0 Å². The minimum atomic E-state index is -0.166. The highest BCUT2D eigenvalue weighted by Gasteiger charge is 2.28. The average Bonchev–Trinajstić information content (AvgIpc) is 2.66. The Morgan fingerprint density at radius 1 is 1.27 bits per heavy atom. The van der Waals surface area contributed by atoms with Gasteiger partial charge in [-0.15, -0.1) is 12.4 Å². The lowest BCUT2D eigenvalue weighted by Crippen LogP contribution is -2.46. The molecule has 1 saturated heterocycles. The Labute approximate surface area is 160 Å². The third kappa shape index (κ3) is 6.48. The first-order valence-corrected chi connectivity index (χ1v) is 8.64. The van der Waals surface area contributed by atoms with Gasteiger partial charge in [0.15, 0.2) is 0 Å². The number of carbonyl (C=O) groups is 2.